The number of H-pyrrole nitrogens is 1. The zero-order chi connectivity index (χ0) is 20.6. The van der Waals surface area contributed by atoms with Gasteiger partial charge in [-0.15, -0.1) is 0 Å². The van der Waals surface area contributed by atoms with Crippen molar-refractivity contribution in [3.8, 4) is 0 Å². The van der Waals surface area contributed by atoms with E-state index >= 15 is 0 Å². The van der Waals surface area contributed by atoms with E-state index in [0.29, 0.717) is 0 Å². The van der Waals surface area contributed by atoms with Crippen LogP contribution in [0.15, 0.2) is 21.9 Å². The average molecular weight is 403 g/mol. The van der Waals surface area contributed by atoms with Gasteiger partial charge in [-0.25, -0.2) is 4.79 Å². The molecule has 27 heavy (non-hydrogen) atoms. The van der Waals surface area contributed by atoms with Gasteiger partial charge in [0.2, 0.25) is 0 Å². The summed E-state index contributed by atoms with van der Waals surface area (Å²) in [5.74, 6) is 0. The van der Waals surface area contributed by atoms with Crippen LogP contribution >= 0.6 is 0 Å². The molecule has 2 rings (SSSR count). The van der Waals surface area contributed by atoms with E-state index in [0.717, 1.165) is 0 Å². The summed E-state index contributed by atoms with van der Waals surface area (Å²) in [6.07, 6.45) is -1.26. The largest absolute Gasteiger partial charge is 0.408 e. The molecule has 0 bridgehead atoms. The molecule has 0 aromatic carbocycles. The highest BCUT2D eigenvalue weighted by molar-refractivity contribution is 6.74. The molecule has 9 nitrogen and oxygen atoms in total. The molecule has 1 saturated heterocycles. The number of aliphatic hydroxyl groups is 2. The fraction of sp³-hybridized carbons (Fsp3) is 0.765. The zero-order valence-corrected chi connectivity index (χ0v) is 17.7. The van der Waals surface area contributed by atoms with Crippen molar-refractivity contribution in [1.82, 2.24) is 9.55 Å². The van der Waals surface area contributed by atoms with Crippen LogP contribution in [0.2, 0.25) is 18.1 Å². The molecule has 1 unspecified atom stereocenters. The van der Waals surface area contributed by atoms with E-state index in [1.54, 1.807) is 0 Å². The Bertz CT molecular complexity index is 764. The number of ether oxygens (including phenoxy) is 2. The second kappa shape index (κ2) is 7.61. The van der Waals surface area contributed by atoms with Crippen molar-refractivity contribution >= 4 is 8.32 Å². The van der Waals surface area contributed by atoms with E-state index < -0.39 is 56.8 Å². The summed E-state index contributed by atoms with van der Waals surface area (Å²) < 4.78 is 19.2. The van der Waals surface area contributed by atoms with Crippen LogP contribution in [-0.4, -0.2) is 66.2 Å². The monoisotopic (exact) mass is 402 g/mol. The minimum absolute atomic E-state index is 0.130. The maximum atomic E-state index is 12.2. The Kier molecular flexibility index (Phi) is 6.20. The molecule has 0 spiro atoms. The molecule has 154 valence electrons. The van der Waals surface area contributed by atoms with Gasteiger partial charge >= 0.3 is 5.69 Å². The molecule has 1 aromatic heterocycles. The van der Waals surface area contributed by atoms with Crippen molar-refractivity contribution in [2.24, 2.45) is 0 Å². The Morgan fingerprint density at radius 3 is 2.33 bits per heavy atom. The van der Waals surface area contributed by atoms with Crippen LogP contribution in [0.3, 0.4) is 0 Å². The third-order valence-corrected chi connectivity index (χ3v) is 10.1. The summed E-state index contributed by atoms with van der Waals surface area (Å²) in [4.78, 5) is 25.8. The molecule has 10 heteroatoms. The van der Waals surface area contributed by atoms with Crippen LogP contribution in [-0.2, 0) is 13.9 Å². The van der Waals surface area contributed by atoms with Gasteiger partial charge in [-0.2, -0.15) is 0 Å². The lowest BCUT2D eigenvalue weighted by Crippen LogP contribution is -2.57. The Hall–Kier alpha value is -1.30. The van der Waals surface area contributed by atoms with Crippen molar-refractivity contribution in [2.75, 3.05) is 20.3 Å². The number of hydrogen-bond acceptors (Lipinski definition) is 7. The highest BCUT2D eigenvalue weighted by Crippen LogP contribution is 2.45. The van der Waals surface area contributed by atoms with Crippen LogP contribution in [0.5, 0.6) is 0 Å². The van der Waals surface area contributed by atoms with Crippen molar-refractivity contribution in [3.63, 3.8) is 0 Å². The molecule has 0 saturated carbocycles. The van der Waals surface area contributed by atoms with E-state index in [4.69, 9.17) is 13.9 Å². The lowest BCUT2D eigenvalue weighted by atomic mass is 9.97. The Balaban J connectivity index is 2.53. The van der Waals surface area contributed by atoms with Crippen molar-refractivity contribution < 1.29 is 24.1 Å². The average Bonchev–Trinajstić information content (AvgIpc) is 2.87. The first-order chi connectivity index (χ1) is 12.4. The Morgan fingerprint density at radius 2 is 1.89 bits per heavy atom. The van der Waals surface area contributed by atoms with Gasteiger partial charge < -0.3 is 24.1 Å². The number of methoxy groups -OCH3 is 1. The van der Waals surface area contributed by atoms with Gasteiger partial charge in [0.05, 0.1) is 13.2 Å². The molecule has 1 fully saturated rings. The predicted molar refractivity (Wildman–Crippen MR) is 101 cm³/mol. The van der Waals surface area contributed by atoms with E-state index in [2.05, 4.69) is 25.8 Å². The third kappa shape index (κ3) is 3.96. The second-order valence-electron chi connectivity index (χ2n) is 8.41. The summed E-state index contributed by atoms with van der Waals surface area (Å²) >= 11 is 0. The van der Waals surface area contributed by atoms with Gasteiger partial charge in [-0.3, -0.25) is 14.3 Å². The number of nitrogens with zero attached hydrogens (tertiary/aromatic N) is 1. The summed E-state index contributed by atoms with van der Waals surface area (Å²) in [6.45, 7) is 9.26. The van der Waals surface area contributed by atoms with Gasteiger partial charge in [-0.05, 0) is 18.1 Å². The maximum absolute atomic E-state index is 12.2. The highest BCUT2D eigenvalue weighted by Gasteiger charge is 2.59. The van der Waals surface area contributed by atoms with Crippen molar-refractivity contribution in [3.05, 3.63) is 33.1 Å². The minimum atomic E-state index is -2.33. The summed E-state index contributed by atoms with van der Waals surface area (Å²) in [5.41, 5.74) is -2.66. The normalized spacial score (nSPS) is 25.7. The van der Waals surface area contributed by atoms with Crippen LogP contribution in [0.1, 0.15) is 27.0 Å². The third-order valence-electron chi connectivity index (χ3n) is 5.61. The smallest absolute Gasteiger partial charge is 0.330 e. The summed E-state index contributed by atoms with van der Waals surface area (Å²) in [5, 5.41) is 19.9. The fourth-order valence-electron chi connectivity index (χ4n) is 2.88. The van der Waals surface area contributed by atoms with Crippen molar-refractivity contribution in [1.29, 1.82) is 0 Å². The lowest BCUT2D eigenvalue weighted by molar-refractivity contribution is -0.148. The summed E-state index contributed by atoms with van der Waals surface area (Å²) in [6, 6.07) is 1.19. The molecule has 1 aliphatic rings. The lowest BCUT2D eigenvalue weighted by Gasteiger charge is -2.42. The number of aliphatic hydroxyl groups excluding tert-OH is 2. The first-order valence-corrected chi connectivity index (χ1v) is 11.7. The van der Waals surface area contributed by atoms with E-state index in [9.17, 15) is 19.8 Å². The van der Waals surface area contributed by atoms with Crippen LogP contribution in [0, 0.1) is 0 Å². The minimum Gasteiger partial charge on any atom is -0.408 e. The number of rotatable bonds is 6. The van der Waals surface area contributed by atoms with Crippen LogP contribution < -0.4 is 11.2 Å². The molecule has 0 aliphatic carbocycles. The molecule has 3 atom stereocenters. The van der Waals surface area contributed by atoms with E-state index in [1.165, 1.54) is 23.9 Å². The SMILES string of the molecule is CO[C@H]1C(O[Si](C)(C)C(C)(C)C)C(CO)(CO)O[C@H]1n1ccc(=O)[nH]c1=O. The molecule has 2 heterocycles. The van der Waals surface area contributed by atoms with Gasteiger partial charge in [0.1, 0.15) is 17.8 Å². The van der Waals surface area contributed by atoms with Gasteiger partial charge in [0.15, 0.2) is 14.5 Å². The fourth-order valence-corrected chi connectivity index (χ4v) is 4.22. The first-order valence-electron chi connectivity index (χ1n) is 8.84. The first kappa shape index (κ1) is 22.0. The van der Waals surface area contributed by atoms with Gasteiger partial charge in [-0.1, -0.05) is 20.8 Å². The van der Waals surface area contributed by atoms with E-state index in [1.807, 2.05) is 13.1 Å². The van der Waals surface area contributed by atoms with Crippen LogP contribution in [0.4, 0.5) is 0 Å². The number of hydrogen-bond donors (Lipinski definition) is 3. The Labute approximate surface area is 159 Å². The molecule has 0 amide bonds. The van der Waals surface area contributed by atoms with Gasteiger partial charge in [0, 0.05) is 19.4 Å². The molecule has 3 N–H and O–H groups in total. The zero-order valence-electron chi connectivity index (χ0n) is 16.7. The predicted octanol–water partition coefficient (Wildman–Crippen LogP) is 0.194. The molecular weight excluding hydrogens is 372 g/mol. The molecular formula is C17H30N2O7Si. The maximum Gasteiger partial charge on any atom is 0.330 e. The molecule has 1 aromatic rings. The summed E-state index contributed by atoms with van der Waals surface area (Å²) in [7, 11) is -0.881. The topological polar surface area (TPSA) is 123 Å². The van der Waals surface area contributed by atoms with E-state index in [-0.39, 0.29) is 5.04 Å². The number of aromatic amines is 1. The molecule has 0 radical (unpaired) electrons. The quantitative estimate of drug-likeness (QED) is 0.581. The standard InChI is InChI=1S/C17H30N2O7Si/c1-16(2,3)27(5,6)26-13-12(24-4)14(25-17(13,9-20)10-21)19-8-7-11(22)18-15(19)23/h7-8,12-14,20-21H,9-10H2,1-6H3,(H,18,22,23)/t12-,13?,14+/m0/s1. The van der Waals surface area contributed by atoms with Gasteiger partial charge in [0.25, 0.3) is 5.56 Å². The Morgan fingerprint density at radius 1 is 1.30 bits per heavy atom. The number of nitrogens with one attached hydrogen (secondary N) is 1. The van der Waals surface area contributed by atoms with Crippen molar-refractivity contribution in [2.45, 2.75) is 62.9 Å². The highest BCUT2D eigenvalue weighted by atomic mass is 28.4. The van der Waals surface area contributed by atoms with Crippen LogP contribution in [0.25, 0.3) is 0 Å². The molecule has 1 aliphatic heterocycles. The number of aromatic nitrogens is 2. The second-order valence-corrected chi connectivity index (χ2v) is 13.2.